The molecule has 0 aliphatic carbocycles. The molecule has 1 fully saturated rings. The third-order valence-corrected chi connectivity index (χ3v) is 3.59. The van der Waals surface area contributed by atoms with Gasteiger partial charge in [0.1, 0.15) is 11.9 Å². The largest absolute Gasteiger partial charge is 0.370 e. The Balaban J connectivity index is 2.30. The van der Waals surface area contributed by atoms with Crippen molar-refractivity contribution in [1.82, 2.24) is 9.97 Å². The van der Waals surface area contributed by atoms with Crippen LogP contribution in [0.2, 0.25) is 0 Å². The van der Waals surface area contributed by atoms with Gasteiger partial charge in [0.2, 0.25) is 0 Å². The highest BCUT2D eigenvalue weighted by Gasteiger charge is 2.28. The summed E-state index contributed by atoms with van der Waals surface area (Å²) >= 11 is 0. The van der Waals surface area contributed by atoms with Crippen LogP contribution in [-0.4, -0.2) is 22.6 Å². The Morgan fingerprint density at radius 2 is 2.05 bits per heavy atom. The minimum Gasteiger partial charge on any atom is -0.370 e. The lowest BCUT2D eigenvalue weighted by molar-refractivity contribution is 0.0501. The Labute approximate surface area is 122 Å². The molecule has 1 N–H and O–H groups in total. The Morgan fingerprint density at radius 1 is 1.30 bits per heavy atom. The number of ether oxygens (including phenoxy) is 1. The number of hydrogen-bond donors (Lipinski definition) is 1. The highest BCUT2D eigenvalue weighted by molar-refractivity contribution is 5.38. The first-order valence-electron chi connectivity index (χ1n) is 7.69. The van der Waals surface area contributed by atoms with Crippen molar-refractivity contribution < 1.29 is 4.74 Å². The van der Waals surface area contributed by atoms with Gasteiger partial charge in [-0.3, -0.25) is 0 Å². The van der Waals surface area contributed by atoms with E-state index in [0.717, 1.165) is 43.1 Å². The maximum Gasteiger partial charge on any atom is 0.159 e. The summed E-state index contributed by atoms with van der Waals surface area (Å²) in [5, 5.41) is 3.38. The summed E-state index contributed by atoms with van der Waals surface area (Å²) in [5.41, 5.74) is 1.09. The van der Waals surface area contributed by atoms with Crippen molar-refractivity contribution in [2.75, 3.05) is 11.9 Å². The van der Waals surface area contributed by atoms with Crippen molar-refractivity contribution in [2.45, 2.75) is 71.5 Å². The molecule has 1 aliphatic rings. The average Bonchev–Trinajstić information content (AvgIpc) is 2.82. The molecule has 0 aromatic carbocycles. The fraction of sp³-hybridized carbons (Fsp3) is 0.750. The summed E-state index contributed by atoms with van der Waals surface area (Å²) in [4.78, 5) is 9.41. The highest BCUT2D eigenvalue weighted by atomic mass is 16.5. The fourth-order valence-corrected chi connectivity index (χ4v) is 2.33. The smallest absolute Gasteiger partial charge is 0.159 e. The first-order chi connectivity index (χ1) is 9.40. The molecule has 4 heteroatoms. The highest BCUT2D eigenvalue weighted by Crippen LogP contribution is 2.32. The second-order valence-electron chi connectivity index (χ2n) is 6.69. The summed E-state index contributed by atoms with van der Waals surface area (Å²) in [5.74, 6) is 1.75. The van der Waals surface area contributed by atoms with Crippen LogP contribution in [0.5, 0.6) is 0 Å². The van der Waals surface area contributed by atoms with Gasteiger partial charge < -0.3 is 10.1 Å². The van der Waals surface area contributed by atoms with Crippen LogP contribution in [0.25, 0.3) is 0 Å². The topological polar surface area (TPSA) is 47.0 Å². The lowest BCUT2D eigenvalue weighted by Crippen LogP contribution is -2.18. The van der Waals surface area contributed by atoms with Crippen LogP contribution >= 0.6 is 0 Å². The lowest BCUT2D eigenvalue weighted by Gasteiger charge is -2.21. The summed E-state index contributed by atoms with van der Waals surface area (Å²) in [6.07, 6.45) is 3.55. The Kier molecular flexibility index (Phi) is 4.63. The Hall–Kier alpha value is -1.16. The van der Waals surface area contributed by atoms with Gasteiger partial charge >= 0.3 is 0 Å². The predicted octanol–water partition coefficient (Wildman–Crippen LogP) is 3.84. The number of anilines is 1. The average molecular weight is 277 g/mol. The molecule has 112 valence electrons. The van der Waals surface area contributed by atoms with Gasteiger partial charge in [-0.05, 0) is 26.2 Å². The first kappa shape index (κ1) is 15.2. The van der Waals surface area contributed by atoms with Crippen molar-refractivity contribution in [1.29, 1.82) is 0 Å². The molecule has 1 aromatic rings. The maximum atomic E-state index is 5.92. The molecule has 2 heterocycles. The summed E-state index contributed by atoms with van der Waals surface area (Å²) in [7, 11) is 0. The van der Waals surface area contributed by atoms with Gasteiger partial charge in [0.15, 0.2) is 5.82 Å². The fourth-order valence-electron chi connectivity index (χ4n) is 2.33. The molecule has 2 atom stereocenters. The van der Waals surface area contributed by atoms with Crippen molar-refractivity contribution >= 4 is 5.82 Å². The zero-order valence-electron chi connectivity index (χ0n) is 13.4. The van der Waals surface area contributed by atoms with Crippen molar-refractivity contribution in [2.24, 2.45) is 0 Å². The number of nitrogens with one attached hydrogen (secondary N) is 1. The molecule has 0 radical (unpaired) electrons. The summed E-state index contributed by atoms with van der Waals surface area (Å²) in [6.45, 7) is 11.7. The van der Waals surface area contributed by atoms with E-state index in [1.165, 1.54) is 0 Å². The van der Waals surface area contributed by atoms with Gasteiger partial charge in [0.05, 0.1) is 11.8 Å². The molecule has 0 bridgehead atoms. The van der Waals surface area contributed by atoms with Gasteiger partial charge in [0.25, 0.3) is 0 Å². The molecule has 0 amide bonds. The van der Waals surface area contributed by atoms with Crippen molar-refractivity contribution in [3.05, 3.63) is 17.6 Å². The number of aromatic nitrogens is 2. The van der Waals surface area contributed by atoms with E-state index in [1.807, 2.05) is 0 Å². The zero-order chi connectivity index (χ0) is 14.8. The maximum absolute atomic E-state index is 5.92. The van der Waals surface area contributed by atoms with E-state index in [1.54, 1.807) is 0 Å². The van der Waals surface area contributed by atoms with Crippen LogP contribution in [0.3, 0.4) is 0 Å². The van der Waals surface area contributed by atoms with Crippen LogP contribution < -0.4 is 5.32 Å². The van der Waals surface area contributed by atoms with Gasteiger partial charge in [0, 0.05) is 18.0 Å². The van der Waals surface area contributed by atoms with E-state index in [0.29, 0.717) is 6.10 Å². The molecule has 20 heavy (non-hydrogen) atoms. The standard InChI is InChI=1S/C16H27N3O/c1-6-9-17-14-10-13(16(3,4)5)18-15(19-14)12-8-7-11(2)20-12/h10-12H,6-9H2,1-5H3,(H,17,18,19). The Morgan fingerprint density at radius 3 is 2.60 bits per heavy atom. The first-order valence-corrected chi connectivity index (χ1v) is 7.69. The van der Waals surface area contributed by atoms with Gasteiger partial charge in [-0.25, -0.2) is 9.97 Å². The molecule has 0 saturated carbocycles. The minimum absolute atomic E-state index is 0.0184. The predicted molar refractivity (Wildman–Crippen MR) is 82.0 cm³/mol. The van der Waals surface area contributed by atoms with E-state index in [4.69, 9.17) is 9.72 Å². The van der Waals surface area contributed by atoms with Crippen LogP contribution in [0.15, 0.2) is 6.07 Å². The molecular formula is C16H27N3O. The molecule has 2 rings (SSSR count). The van der Waals surface area contributed by atoms with Gasteiger partial charge in [-0.2, -0.15) is 0 Å². The number of nitrogens with zero attached hydrogens (tertiary/aromatic N) is 2. The van der Waals surface area contributed by atoms with Crippen molar-refractivity contribution in [3.63, 3.8) is 0 Å². The zero-order valence-corrected chi connectivity index (χ0v) is 13.4. The molecule has 1 aromatic heterocycles. The second-order valence-corrected chi connectivity index (χ2v) is 6.69. The van der Waals surface area contributed by atoms with Crippen molar-refractivity contribution in [3.8, 4) is 0 Å². The minimum atomic E-state index is 0.0184. The van der Waals surface area contributed by atoms with Gasteiger partial charge in [-0.15, -0.1) is 0 Å². The SMILES string of the molecule is CCCNc1cc(C(C)(C)C)nc(C2CCC(C)O2)n1. The number of rotatable bonds is 4. The molecular weight excluding hydrogens is 250 g/mol. The summed E-state index contributed by atoms with van der Waals surface area (Å²) in [6, 6.07) is 2.07. The van der Waals surface area contributed by atoms with E-state index in [9.17, 15) is 0 Å². The lowest BCUT2D eigenvalue weighted by atomic mass is 9.91. The normalized spacial score (nSPS) is 23.1. The van der Waals surface area contributed by atoms with E-state index >= 15 is 0 Å². The third-order valence-electron chi connectivity index (χ3n) is 3.59. The van der Waals surface area contributed by atoms with Gasteiger partial charge in [-0.1, -0.05) is 27.7 Å². The van der Waals surface area contributed by atoms with E-state index in [2.05, 4.69) is 51.0 Å². The number of hydrogen-bond acceptors (Lipinski definition) is 4. The molecule has 4 nitrogen and oxygen atoms in total. The van der Waals surface area contributed by atoms with Crippen LogP contribution in [0.1, 0.15) is 71.5 Å². The Bertz CT molecular complexity index is 454. The van der Waals surface area contributed by atoms with E-state index < -0.39 is 0 Å². The molecule has 1 aliphatic heterocycles. The van der Waals surface area contributed by atoms with Crippen LogP contribution in [0, 0.1) is 0 Å². The molecule has 2 unspecified atom stereocenters. The quantitative estimate of drug-likeness (QED) is 0.908. The van der Waals surface area contributed by atoms with Crippen LogP contribution in [0.4, 0.5) is 5.82 Å². The third kappa shape index (κ3) is 3.69. The summed E-state index contributed by atoms with van der Waals surface area (Å²) < 4.78 is 5.92. The van der Waals surface area contributed by atoms with E-state index in [-0.39, 0.29) is 11.5 Å². The monoisotopic (exact) mass is 277 g/mol. The molecule has 0 spiro atoms. The van der Waals surface area contributed by atoms with Crippen LogP contribution in [-0.2, 0) is 10.2 Å². The molecule has 1 saturated heterocycles. The second kappa shape index (κ2) is 6.08.